The van der Waals surface area contributed by atoms with E-state index in [1.807, 2.05) is 60.8 Å². The van der Waals surface area contributed by atoms with E-state index in [-0.39, 0.29) is 31.9 Å². The Morgan fingerprint density at radius 1 is 0.614 bits per heavy atom. The maximum Gasteiger partial charge on any atom is 0.121 e. The second-order valence-electron chi connectivity index (χ2n) is 19.4. The van der Waals surface area contributed by atoms with Crippen LogP contribution in [0.5, 0.6) is 0 Å². The van der Waals surface area contributed by atoms with Gasteiger partial charge in [0.1, 0.15) is 5.58 Å². The van der Waals surface area contributed by atoms with Gasteiger partial charge in [0, 0.05) is 41.5 Å². The molecule has 4 nitrogen and oxygen atoms in total. The van der Waals surface area contributed by atoms with Crippen molar-refractivity contribution in [3.8, 4) is 61.7 Å². The molecule has 11 aromatic rings. The van der Waals surface area contributed by atoms with Crippen molar-refractivity contribution in [1.29, 1.82) is 0 Å². The molecule has 0 aliphatic carbocycles. The molecule has 0 spiro atoms. The number of aryl methyl sites for hydroxylation is 1. The molecule has 3 aromatic heterocycles. The van der Waals surface area contributed by atoms with Crippen molar-refractivity contribution in [1.82, 2.24) is 14.5 Å². The van der Waals surface area contributed by atoms with Crippen molar-refractivity contribution in [3.63, 3.8) is 0 Å². The first-order valence-electron chi connectivity index (χ1n) is 25.4. The Bertz CT molecular complexity index is 3680. The summed E-state index contributed by atoms with van der Waals surface area (Å²) in [7, 11) is -1.40. The van der Waals surface area contributed by atoms with Crippen LogP contribution in [0.1, 0.15) is 60.3 Å². The number of nitrogens with zero attached hydrogens (tertiary/aromatic N) is 3. The smallest absolute Gasteiger partial charge is 0.121 e. The van der Waals surface area contributed by atoms with E-state index in [1.54, 1.807) is 6.07 Å². The predicted molar refractivity (Wildman–Crippen MR) is 293 cm³/mol. The molecule has 8 aromatic carbocycles. The van der Waals surface area contributed by atoms with Crippen molar-refractivity contribution in [3.05, 3.63) is 217 Å². The first-order chi connectivity index (χ1) is 34.6. The number of hydrogen-bond donors (Lipinski definition) is 0. The third kappa shape index (κ3) is 9.52. The van der Waals surface area contributed by atoms with Gasteiger partial charge in [-0.25, -0.2) is 0 Å². The SMILES string of the molecule is CC(C)c1cc(-c2ccccc2)cc(C(C)C)c1-n1c(-c2[c-]ccc3c2oc2cc(-c4ccccc4)ccc23)nc2ccccc21.[2H]C([2H])([2H])c1c[c-]c(-c2ccc([Si](C)(C)C)cn2)cc1-c1ccccc1.[Ir]. The molecule has 11 rings (SSSR count). The average Bonchev–Trinajstić information content (AvgIpc) is 3.97. The van der Waals surface area contributed by atoms with Gasteiger partial charge in [0.15, 0.2) is 0 Å². The predicted octanol–water partition coefficient (Wildman–Crippen LogP) is 17.0. The van der Waals surface area contributed by atoms with Gasteiger partial charge in [0.25, 0.3) is 0 Å². The molecule has 0 saturated carbocycles. The zero-order chi connectivity index (χ0) is 50.3. The van der Waals surface area contributed by atoms with Crippen LogP contribution in [0.2, 0.25) is 19.6 Å². The van der Waals surface area contributed by atoms with Gasteiger partial charge >= 0.3 is 0 Å². The number of furan rings is 1. The van der Waals surface area contributed by atoms with Crippen molar-refractivity contribution >= 4 is 46.2 Å². The minimum atomic E-state index is -2.19. The molecule has 0 saturated heterocycles. The van der Waals surface area contributed by atoms with E-state index < -0.39 is 14.9 Å². The normalized spacial score (nSPS) is 12.4. The van der Waals surface area contributed by atoms with Gasteiger partial charge in [-0.05, 0) is 92.0 Å². The Kier molecular flexibility index (Phi) is 12.8. The van der Waals surface area contributed by atoms with E-state index in [2.05, 4.69) is 190 Å². The number of pyridine rings is 1. The summed E-state index contributed by atoms with van der Waals surface area (Å²) in [5.74, 6) is 1.41. The molecule has 6 heteroatoms. The minimum absolute atomic E-state index is 0. The van der Waals surface area contributed by atoms with E-state index in [9.17, 15) is 0 Å². The van der Waals surface area contributed by atoms with Crippen LogP contribution < -0.4 is 5.19 Å². The monoisotopic (exact) mass is 1110 g/mol. The Hall–Kier alpha value is -6.95. The quantitative estimate of drug-likeness (QED) is 0.107. The molecule has 70 heavy (non-hydrogen) atoms. The van der Waals surface area contributed by atoms with E-state index in [0.29, 0.717) is 11.1 Å². The van der Waals surface area contributed by atoms with Crippen LogP contribution in [-0.4, -0.2) is 22.6 Å². The van der Waals surface area contributed by atoms with Crippen molar-refractivity contribution < 1.29 is 28.6 Å². The summed E-state index contributed by atoms with van der Waals surface area (Å²) in [4.78, 5) is 9.90. The van der Waals surface area contributed by atoms with E-state index in [1.165, 1.54) is 38.7 Å². The molecule has 0 unspecified atom stereocenters. The number of aromatic nitrogens is 3. The largest absolute Gasteiger partial charge is 0.501 e. The van der Waals surface area contributed by atoms with Gasteiger partial charge < -0.3 is 14.0 Å². The van der Waals surface area contributed by atoms with Crippen molar-refractivity contribution in [2.24, 2.45) is 0 Å². The maximum absolute atomic E-state index is 7.84. The Labute approximate surface area is 431 Å². The van der Waals surface area contributed by atoms with E-state index in [4.69, 9.17) is 13.5 Å². The Morgan fingerprint density at radius 2 is 1.24 bits per heavy atom. The molecule has 0 amide bonds. The Balaban J connectivity index is 0.000000207. The summed E-state index contributed by atoms with van der Waals surface area (Å²) < 4.78 is 32.6. The van der Waals surface area contributed by atoms with Crippen LogP contribution in [0.25, 0.3) is 94.7 Å². The van der Waals surface area contributed by atoms with Crippen LogP contribution in [-0.2, 0) is 20.1 Å². The summed E-state index contributed by atoms with van der Waals surface area (Å²) >= 11 is 0. The van der Waals surface area contributed by atoms with E-state index in [0.717, 1.165) is 66.7 Å². The third-order valence-electron chi connectivity index (χ3n) is 13.0. The summed E-state index contributed by atoms with van der Waals surface area (Å²) in [5.41, 5.74) is 16.6. The molecule has 0 aliphatic rings. The van der Waals surface area contributed by atoms with Crippen LogP contribution >= 0.6 is 0 Å². The van der Waals surface area contributed by atoms with Gasteiger partial charge in [0.2, 0.25) is 0 Å². The first-order valence-corrected chi connectivity index (χ1v) is 27.4. The van der Waals surface area contributed by atoms with E-state index >= 15 is 0 Å². The fourth-order valence-electron chi connectivity index (χ4n) is 9.25. The second kappa shape index (κ2) is 20.2. The number of benzene rings is 8. The topological polar surface area (TPSA) is 43.9 Å². The maximum atomic E-state index is 7.84. The van der Waals surface area contributed by atoms with Crippen molar-refractivity contribution in [2.45, 2.75) is 66.0 Å². The summed E-state index contributed by atoms with van der Waals surface area (Å²) in [5, 5.41) is 3.45. The molecule has 1 radical (unpaired) electrons. The fourth-order valence-corrected chi connectivity index (χ4v) is 10.3. The van der Waals surface area contributed by atoms with Gasteiger partial charge in [-0.2, -0.15) is 0 Å². The molecule has 3 heterocycles. The number of imidazole rings is 1. The third-order valence-corrected chi connectivity index (χ3v) is 15.0. The molecule has 0 fully saturated rings. The van der Waals surface area contributed by atoms with Crippen LogP contribution in [0.15, 0.2) is 193 Å². The van der Waals surface area contributed by atoms with Gasteiger partial charge in [0.05, 0.1) is 30.5 Å². The fraction of sp³-hybridized carbons (Fsp3) is 0.156. The van der Waals surface area contributed by atoms with Gasteiger partial charge in [-0.3, -0.25) is 4.98 Å². The molecular weight excluding hydrogens is 1050 g/mol. The molecule has 349 valence electrons. The summed E-state index contributed by atoms with van der Waals surface area (Å²) in [6.07, 6.45) is 1.94. The molecular formula is C64H57IrN3OSi-2. The van der Waals surface area contributed by atoms with Crippen LogP contribution in [0, 0.1) is 19.0 Å². The second-order valence-corrected chi connectivity index (χ2v) is 24.5. The van der Waals surface area contributed by atoms with Gasteiger partial charge in [-0.15, -0.1) is 47.5 Å². The zero-order valence-electron chi connectivity index (χ0n) is 43.6. The Morgan fingerprint density at radius 3 is 1.86 bits per heavy atom. The van der Waals surface area contributed by atoms with Crippen LogP contribution in [0.4, 0.5) is 0 Å². The molecule has 0 bridgehead atoms. The molecule has 0 aliphatic heterocycles. The number of rotatable bonds is 9. The number of hydrogen-bond acceptors (Lipinski definition) is 3. The first kappa shape index (κ1) is 44.3. The number of para-hydroxylation sites is 2. The average molecular weight is 1110 g/mol. The molecule has 0 N–H and O–H groups in total. The number of fused-ring (bicyclic) bond motifs is 4. The summed E-state index contributed by atoms with van der Waals surface area (Å²) in [6, 6.07) is 68.8. The molecule has 0 atom stereocenters. The van der Waals surface area contributed by atoms with Crippen LogP contribution in [0.3, 0.4) is 0 Å². The zero-order valence-corrected chi connectivity index (χ0v) is 44.0. The van der Waals surface area contributed by atoms with Crippen molar-refractivity contribution in [2.75, 3.05) is 0 Å². The van der Waals surface area contributed by atoms with Gasteiger partial charge in [-0.1, -0.05) is 198 Å². The minimum Gasteiger partial charge on any atom is -0.501 e. The standard InChI is InChI=1S/C43H35N2O.C21H22NSi.Ir/c1-27(2)36-24-32(30-16-9-6-10-17-30)25-37(28(3)4)41(36)45-39-21-12-11-20-38(39)44-43(45)35-19-13-18-34-33-23-22-31(26-40(33)46-42(34)35)29-14-7-5-8-15-29;1-16-10-11-18(14-20(16)17-8-6-5-7-9-17)21-13-12-19(15-22-21)23(2,3)4;/h5-18,20-28H,1-4H3;5-10,12-15H,1-4H3;/q2*-1;/i;1D3;. The summed E-state index contributed by atoms with van der Waals surface area (Å²) in [6.45, 7) is 13.8.